The molecule has 4 rings (SSSR count). The summed E-state index contributed by atoms with van der Waals surface area (Å²) in [5, 5.41) is 5.73. The molecule has 158 valence electrons. The van der Waals surface area contributed by atoms with E-state index in [4.69, 9.17) is 9.47 Å². The molecule has 2 amide bonds. The van der Waals surface area contributed by atoms with Crippen molar-refractivity contribution in [2.24, 2.45) is 0 Å². The van der Waals surface area contributed by atoms with Crippen LogP contribution in [-0.2, 0) is 16.0 Å². The van der Waals surface area contributed by atoms with E-state index in [1.165, 1.54) is 0 Å². The Hall–Kier alpha value is -3.87. The molecule has 3 aromatic rings. The van der Waals surface area contributed by atoms with Gasteiger partial charge in [-0.1, -0.05) is 0 Å². The predicted octanol–water partition coefficient (Wildman–Crippen LogP) is 4.56. The second kappa shape index (κ2) is 9.75. The zero-order valence-corrected chi connectivity index (χ0v) is 17.0. The van der Waals surface area contributed by atoms with Crippen molar-refractivity contribution in [1.29, 1.82) is 0 Å². The van der Waals surface area contributed by atoms with Crippen LogP contribution >= 0.6 is 0 Å². The number of amides is 2. The summed E-state index contributed by atoms with van der Waals surface area (Å²) >= 11 is 0. The Morgan fingerprint density at radius 1 is 0.968 bits per heavy atom. The lowest BCUT2D eigenvalue weighted by atomic mass is 10.0. The largest absolute Gasteiger partial charge is 0.494 e. The van der Waals surface area contributed by atoms with Crippen molar-refractivity contribution in [3.8, 4) is 17.2 Å². The van der Waals surface area contributed by atoms with Crippen LogP contribution in [0.2, 0.25) is 0 Å². The monoisotopic (exact) mass is 417 g/mol. The Balaban J connectivity index is 1.19. The molecule has 1 aliphatic heterocycles. The number of fused-ring (bicyclic) bond motifs is 1. The molecule has 0 fully saturated rings. The first kappa shape index (κ1) is 20.4. The molecule has 0 bridgehead atoms. The normalized spacial score (nSPS) is 12.5. The van der Waals surface area contributed by atoms with Crippen LogP contribution in [0.25, 0.3) is 0 Å². The quantitative estimate of drug-likeness (QED) is 0.525. The molecule has 7 heteroatoms. The summed E-state index contributed by atoms with van der Waals surface area (Å²) < 4.78 is 11.5. The van der Waals surface area contributed by atoms with Crippen molar-refractivity contribution in [3.05, 3.63) is 72.6 Å². The molecule has 0 aliphatic carbocycles. The van der Waals surface area contributed by atoms with Crippen LogP contribution in [0.15, 0.2) is 67.0 Å². The summed E-state index contributed by atoms with van der Waals surface area (Å²) in [5.41, 5.74) is 2.64. The fourth-order valence-corrected chi connectivity index (χ4v) is 3.24. The molecule has 7 nitrogen and oxygen atoms in total. The Morgan fingerprint density at radius 2 is 1.71 bits per heavy atom. The van der Waals surface area contributed by atoms with Crippen molar-refractivity contribution < 1.29 is 19.1 Å². The average Bonchev–Trinajstić information content (AvgIpc) is 2.79. The number of hydrogen-bond acceptors (Lipinski definition) is 5. The highest BCUT2D eigenvalue weighted by atomic mass is 16.5. The number of benzene rings is 2. The molecule has 2 heterocycles. The highest BCUT2D eigenvalue weighted by Gasteiger charge is 2.15. The van der Waals surface area contributed by atoms with Crippen LogP contribution in [0.3, 0.4) is 0 Å². The molecule has 0 unspecified atom stereocenters. The lowest BCUT2D eigenvalue weighted by Gasteiger charge is -2.17. The maximum atomic E-state index is 12.2. The molecule has 2 aromatic carbocycles. The fraction of sp³-hybridized carbons (Fsp3) is 0.208. The van der Waals surface area contributed by atoms with Gasteiger partial charge in [-0.2, -0.15) is 0 Å². The first-order valence-corrected chi connectivity index (χ1v) is 10.2. The van der Waals surface area contributed by atoms with Gasteiger partial charge in [0.2, 0.25) is 11.8 Å². The number of nitrogens with one attached hydrogen (secondary N) is 2. The van der Waals surface area contributed by atoms with Crippen molar-refractivity contribution in [2.45, 2.75) is 25.7 Å². The Kier molecular flexibility index (Phi) is 6.42. The third-order valence-electron chi connectivity index (χ3n) is 4.81. The summed E-state index contributed by atoms with van der Waals surface area (Å²) in [5.74, 6) is 2.11. The molecule has 0 saturated carbocycles. The summed E-state index contributed by atoms with van der Waals surface area (Å²) in [7, 11) is 0. The molecule has 2 N–H and O–H groups in total. The Morgan fingerprint density at radius 3 is 2.52 bits per heavy atom. The van der Waals surface area contributed by atoms with Gasteiger partial charge in [-0.05, 0) is 73.0 Å². The molecule has 0 atom stereocenters. The number of rotatable bonds is 8. The number of pyridine rings is 1. The minimum absolute atomic E-state index is 0.0445. The topological polar surface area (TPSA) is 89.6 Å². The van der Waals surface area contributed by atoms with E-state index in [-0.39, 0.29) is 11.8 Å². The number of carbonyl (C=O) groups excluding carboxylic acids is 2. The lowest BCUT2D eigenvalue weighted by molar-refractivity contribution is -0.117. The van der Waals surface area contributed by atoms with E-state index < -0.39 is 0 Å². The van der Waals surface area contributed by atoms with E-state index in [2.05, 4.69) is 15.6 Å². The standard InChI is InChI=1S/C24H23N3O4/c28-23(26-18-4-6-19(7-5-18)31-20-11-13-25-14-12-20)2-1-15-30-21-8-9-22-17(16-21)3-10-24(29)27-22/h4-9,11-14,16H,1-3,10,15H2,(H,26,28)(H,27,29). The Bertz CT molecular complexity index is 1050. The maximum absolute atomic E-state index is 12.2. The smallest absolute Gasteiger partial charge is 0.224 e. The van der Waals surface area contributed by atoms with Crippen LogP contribution < -0.4 is 20.1 Å². The third kappa shape index (κ3) is 5.82. The van der Waals surface area contributed by atoms with Crippen molar-refractivity contribution >= 4 is 23.2 Å². The summed E-state index contributed by atoms with van der Waals surface area (Å²) in [6.45, 7) is 0.442. The summed E-state index contributed by atoms with van der Waals surface area (Å²) in [4.78, 5) is 27.5. The van der Waals surface area contributed by atoms with Gasteiger partial charge in [-0.15, -0.1) is 0 Å². The molecule has 1 aliphatic rings. The average molecular weight is 417 g/mol. The van der Waals surface area contributed by atoms with E-state index in [1.54, 1.807) is 48.8 Å². The number of nitrogens with zero attached hydrogens (tertiary/aromatic N) is 1. The van der Waals surface area contributed by atoms with Crippen LogP contribution in [0.4, 0.5) is 11.4 Å². The number of anilines is 2. The summed E-state index contributed by atoms with van der Waals surface area (Å²) in [6.07, 6.45) is 5.50. The molecule has 0 spiro atoms. The second-order valence-corrected chi connectivity index (χ2v) is 7.18. The second-order valence-electron chi connectivity index (χ2n) is 7.18. The number of hydrogen-bond donors (Lipinski definition) is 2. The van der Waals surface area contributed by atoms with Crippen molar-refractivity contribution in [3.63, 3.8) is 0 Å². The first-order chi connectivity index (χ1) is 15.2. The van der Waals surface area contributed by atoms with Crippen molar-refractivity contribution in [2.75, 3.05) is 17.2 Å². The number of aromatic nitrogens is 1. The van der Waals surface area contributed by atoms with Crippen LogP contribution in [0.5, 0.6) is 17.2 Å². The van der Waals surface area contributed by atoms with Gasteiger partial charge < -0.3 is 20.1 Å². The zero-order chi connectivity index (χ0) is 21.5. The van der Waals surface area contributed by atoms with Gasteiger partial charge in [-0.25, -0.2) is 0 Å². The zero-order valence-electron chi connectivity index (χ0n) is 17.0. The van der Waals surface area contributed by atoms with Crippen molar-refractivity contribution in [1.82, 2.24) is 4.98 Å². The molecule has 0 radical (unpaired) electrons. The third-order valence-corrected chi connectivity index (χ3v) is 4.81. The van der Waals surface area contributed by atoms with Gasteiger partial charge in [0.1, 0.15) is 17.2 Å². The van der Waals surface area contributed by atoms with E-state index in [0.717, 1.165) is 17.0 Å². The van der Waals surface area contributed by atoms with Crippen LogP contribution in [-0.4, -0.2) is 23.4 Å². The van der Waals surface area contributed by atoms with Crippen LogP contribution in [0, 0.1) is 0 Å². The predicted molar refractivity (Wildman–Crippen MR) is 118 cm³/mol. The van der Waals surface area contributed by atoms with Gasteiger partial charge in [0.05, 0.1) is 6.61 Å². The van der Waals surface area contributed by atoms with Crippen LogP contribution in [0.1, 0.15) is 24.8 Å². The molecule has 1 aromatic heterocycles. The Labute approximate surface area is 180 Å². The number of carbonyl (C=O) groups is 2. The highest BCUT2D eigenvalue weighted by Crippen LogP contribution is 2.27. The maximum Gasteiger partial charge on any atom is 0.224 e. The molecule has 0 saturated heterocycles. The van der Waals surface area contributed by atoms with Gasteiger partial charge in [-0.3, -0.25) is 14.6 Å². The molecule has 31 heavy (non-hydrogen) atoms. The van der Waals surface area contributed by atoms with E-state index in [0.29, 0.717) is 49.5 Å². The molecular formula is C24H23N3O4. The van der Waals surface area contributed by atoms with Gasteiger partial charge >= 0.3 is 0 Å². The number of aryl methyl sites for hydroxylation is 1. The van der Waals surface area contributed by atoms with E-state index >= 15 is 0 Å². The van der Waals surface area contributed by atoms with Gasteiger partial charge in [0.25, 0.3) is 0 Å². The highest BCUT2D eigenvalue weighted by molar-refractivity contribution is 5.94. The van der Waals surface area contributed by atoms with Gasteiger partial charge in [0.15, 0.2) is 0 Å². The SMILES string of the molecule is O=C(CCCOc1ccc2c(c1)CCC(=O)N2)Nc1ccc(Oc2ccncc2)cc1. The number of ether oxygens (including phenoxy) is 2. The minimum atomic E-state index is -0.0699. The summed E-state index contributed by atoms with van der Waals surface area (Å²) in [6, 6.07) is 16.4. The molecular weight excluding hydrogens is 394 g/mol. The lowest BCUT2D eigenvalue weighted by Crippen LogP contribution is -2.18. The van der Waals surface area contributed by atoms with Gasteiger partial charge in [0, 0.05) is 36.6 Å². The minimum Gasteiger partial charge on any atom is -0.494 e. The fourth-order valence-electron chi connectivity index (χ4n) is 3.24. The first-order valence-electron chi connectivity index (χ1n) is 10.2. The van der Waals surface area contributed by atoms with E-state index in [9.17, 15) is 9.59 Å². The van der Waals surface area contributed by atoms with E-state index in [1.807, 2.05) is 18.2 Å².